The molecule has 4 aliphatic heterocycles. The molecule has 4 fully saturated rings. The van der Waals surface area contributed by atoms with Crippen LogP contribution in [0.15, 0.2) is 17.5 Å². The molecule has 4 aliphatic rings. The highest BCUT2D eigenvalue weighted by molar-refractivity contribution is 7.10. The van der Waals surface area contributed by atoms with Gasteiger partial charge in [-0.1, -0.05) is 6.07 Å². The molecule has 13 unspecified atom stereocenters. The Morgan fingerprint density at radius 3 is 2.32 bits per heavy atom. The molecule has 0 saturated carbocycles. The first-order valence-corrected chi connectivity index (χ1v) is 12.0. The van der Waals surface area contributed by atoms with Crippen LogP contribution in [0.25, 0.3) is 0 Å². The number of fused-ring (bicyclic) bond motifs is 2. The zero-order valence-corrected chi connectivity index (χ0v) is 19.7. The topological polar surface area (TPSA) is 144 Å². The highest BCUT2D eigenvalue weighted by Gasteiger charge is 2.57. The molecule has 3 N–H and O–H groups in total. The Kier molecular flexibility index (Phi) is 7.54. The average Bonchev–Trinajstić information content (AvgIpc) is 3.38. The minimum Gasteiger partial charge on any atom is -0.387 e. The molecule has 12 nitrogen and oxygen atoms in total. The Hall–Kier alpha value is -0.780. The summed E-state index contributed by atoms with van der Waals surface area (Å²) in [6.45, 7) is 1.96. The summed E-state index contributed by atoms with van der Waals surface area (Å²) >= 11 is 1.40. The predicted molar refractivity (Wildman–Crippen MR) is 111 cm³/mol. The maximum Gasteiger partial charge on any atom is 0.196 e. The van der Waals surface area contributed by atoms with Gasteiger partial charge >= 0.3 is 0 Å². The summed E-state index contributed by atoms with van der Waals surface area (Å²) in [5.41, 5.74) is 0. The van der Waals surface area contributed by atoms with Crippen molar-refractivity contribution < 1.29 is 58.0 Å². The quantitative estimate of drug-likeness (QED) is 0.472. The molecule has 5 rings (SSSR count). The number of ether oxygens (including phenoxy) is 9. The van der Waals surface area contributed by atoms with Crippen molar-refractivity contribution in [2.45, 2.75) is 87.2 Å². The van der Waals surface area contributed by atoms with Gasteiger partial charge in [-0.2, -0.15) is 0 Å². The van der Waals surface area contributed by atoms with Crippen molar-refractivity contribution >= 4 is 11.3 Å². The normalized spacial score (nSPS) is 49.3. The van der Waals surface area contributed by atoms with E-state index in [1.165, 1.54) is 25.6 Å². The lowest BCUT2D eigenvalue weighted by Crippen LogP contribution is -2.68. The van der Waals surface area contributed by atoms with E-state index in [1.54, 1.807) is 6.92 Å². The number of hydrogen-bond acceptors (Lipinski definition) is 13. The second kappa shape index (κ2) is 10.3. The molecule has 5 heterocycles. The van der Waals surface area contributed by atoms with Crippen LogP contribution in [0.3, 0.4) is 0 Å². The fourth-order valence-electron chi connectivity index (χ4n) is 4.67. The zero-order valence-electron chi connectivity index (χ0n) is 18.9. The molecule has 0 aromatic carbocycles. The van der Waals surface area contributed by atoms with E-state index in [0.29, 0.717) is 0 Å². The van der Waals surface area contributed by atoms with Crippen molar-refractivity contribution in [1.29, 1.82) is 0 Å². The van der Waals surface area contributed by atoms with Gasteiger partial charge in [-0.15, -0.1) is 11.3 Å². The van der Waals surface area contributed by atoms with Gasteiger partial charge < -0.3 is 58.0 Å². The number of aliphatic hydroxyl groups is 3. The molecule has 1 aromatic heterocycles. The molecule has 4 saturated heterocycles. The van der Waals surface area contributed by atoms with Gasteiger partial charge in [-0.05, 0) is 18.4 Å². The molecule has 0 spiro atoms. The van der Waals surface area contributed by atoms with Gasteiger partial charge in [0.1, 0.15) is 48.8 Å². The van der Waals surface area contributed by atoms with Crippen molar-refractivity contribution in [2.75, 3.05) is 20.8 Å². The van der Waals surface area contributed by atoms with Gasteiger partial charge in [-0.3, -0.25) is 0 Å². The van der Waals surface area contributed by atoms with E-state index in [0.717, 1.165) is 4.88 Å². The molecule has 13 atom stereocenters. The predicted octanol–water partition coefficient (Wildman–Crippen LogP) is -0.540. The maximum absolute atomic E-state index is 11.0. The Labute approximate surface area is 200 Å². The van der Waals surface area contributed by atoms with Gasteiger partial charge in [0.15, 0.2) is 31.5 Å². The van der Waals surface area contributed by atoms with Crippen molar-refractivity contribution in [3.8, 4) is 0 Å². The van der Waals surface area contributed by atoms with E-state index >= 15 is 0 Å². The van der Waals surface area contributed by atoms with Crippen LogP contribution < -0.4 is 0 Å². The summed E-state index contributed by atoms with van der Waals surface area (Å²) in [4.78, 5) is 0.735. The first kappa shape index (κ1) is 24.9. The summed E-state index contributed by atoms with van der Waals surface area (Å²) in [5, 5.41) is 34.1. The first-order valence-electron chi connectivity index (χ1n) is 11.1. The van der Waals surface area contributed by atoms with Crippen molar-refractivity contribution in [2.24, 2.45) is 0 Å². The molecule has 13 heteroatoms. The van der Waals surface area contributed by atoms with Gasteiger partial charge in [0.25, 0.3) is 0 Å². The Balaban J connectivity index is 1.44. The average molecular weight is 507 g/mol. The highest BCUT2D eigenvalue weighted by Crippen LogP contribution is 2.41. The van der Waals surface area contributed by atoms with E-state index in [-0.39, 0.29) is 6.61 Å². The van der Waals surface area contributed by atoms with Crippen LogP contribution >= 0.6 is 11.3 Å². The van der Waals surface area contributed by atoms with Crippen LogP contribution in [0.5, 0.6) is 0 Å². The van der Waals surface area contributed by atoms with Crippen LogP contribution in [0.2, 0.25) is 0 Å². The lowest BCUT2D eigenvalue weighted by molar-refractivity contribution is -0.433. The fourth-order valence-corrected chi connectivity index (χ4v) is 5.36. The molecular formula is C21H30O12S. The zero-order chi connectivity index (χ0) is 24.0. The minimum absolute atomic E-state index is 0.226. The largest absolute Gasteiger partial charge is 0.387 e. The molecule has 0 bridgehead atoms. The molecule has 34 heavy (non-hydrogen) atoms. The van der Waals surface area contributed by atoms with E-state index in [2.05, 4.69) is 0 Å². The van der Waals surface area contributed by atoms with Crippen molar-refractivity contribution in [1.82, 2.24) is 0 Å². The third kappa shape index (κ3) is 4.54. The highest BCUT2D eigenvalue weighted by atomic mass is 32.1. The Morgan fingerprint density at radius 1 is 0.853 bits per heavy atom. The number of thiophene rings is 1. The van der Waals surface area contributed by atoms with Crippen LogP contribution in [0.1, 0.15) is 18.1 Å². The molecule has 0 radical (unpaired) electrons. The van der Waals surface area contributed by atoms with E-state index < -0.39 is 80.3 Å². The van der Waals surface area contributed by atoms with Crippen LogP contribution in [0, 0.1) is 0 Å². The van der Waals surface area contributed by atoms with Gasteiger partial charge in [-0.25, -0.2) is 0 Å². The second-order valence-electron chi connectivity index (χ2n) is 8.51. The molecule has 192 valence electrons. The Bertz CT molecular complexity index is 797. The van der Waals surface area contributed by atoms with Crippen LogP contribution in [-0.4, -0.2) is 110 Å². The van der Waals surface area contributed by atoms with E-state index in [1.807, 2.05) is 17.5 Å². The monoisotopic (exact) mass is 506 g/mol. The maximum atomic E-state index is 11.0. The lowest BCUT2D eigenvalue weighted by Gasteiger charge is -2.51. The third-order valence-corrected chi connectivity index (χ3v) is 7.27. The summed E-state index contributed by atoms with van der Waals surface area (Å²) in [6.07, 6.45) is -12.7. The SMILES string of the molecule is COC1OC2C(OC3C(O)C(OC)OC4COC(C)OC43)OC(c3cccs3)OC2C(O)C1O. The minimum atomic E-state index is -1.34. The van der Waals surface area contributed by atoms with Gasteiger partial charge in [0.05, 0.1) is 11.5 Å². The summed E-state index contributed by atoms with van der Waals surface area (Å²) in [5.74, 6) is 0. The summed E-state index contributed by atoms with van der Waals surface area (Å²) < 4.78 is 52.0. The summed E-state index contributed by atoms with van der Waals surface area (Å²) in [6, 6.07) is 3.66. The Morgan fingerprint density at radius 2 is 1.62 bits per heavy atom. The molecule has 0 aliphatic carbocycles. The number of aliphatic hydroxyl groups excluding tert-OH is 3. The number of rotatable bonds is 5. The molecular weight excluding hydrogens is 476 g/mol. The van der Waals surface area contributed by atoms with Crippen molar-refractivity contribution in [3.05, 3.63) is 22.4 Å². The van der Waals surface area contributed by atoms with Crippen molar-refractivity contribution in [3.63, 3.8) is 0 Å². The van der Waals surface area contributed by atoms with Crippen LogP contribution in [0.4, 0.5) is 0 Å². The fraction of sp³-hybridized carbons (Fsp3) is 0.810. The third-order valence-electron chi connectivity index (χ3n) is 6.38. The number of methoxy groups -OCH3 is 2. The number of hydrogen-bond donors (Lipinski definition) is 3. The van der Waals surface area contributed by atoms with Gasteiger partial charge in [0.2, 0.25) is 0 Å². The second-order valence-corrected chi connectivity index (χ2v) is 9.49. The van der Waals surface area contributed by atoms with E-state index in [9.17, 15) is 15.3 Å². The van der Waals surface area contributed by atoms with Crippen LogP contribution in [-0.2, 0) is 42.6 Å². The lowest BCUT2D eigenvalue weighted by atomic mass is 9.95. The first-order chi connectivity index (χ1) is 16.4. The van der Waals surface area contributed by atoms with Gasteiger partial charge in [0, 0.05) is 14.2 Å². The smallest absolute Gasteiger partial charge is 0.196 e. The van der Waals surface area contributed by atoms with E-state index in [4.69, 9.17) is 42.6 Å². The summed E-state index contributed by atoms with van der Waals surface area (Å²) in [7, 11) is 2.76. The standard InChI is InChI=1S/C21H30O12S/c1-8-27-7-9-14(28-8)16(13(24)20(26-3)29-9)31-21-17-15(11(22)12(23)19(25-2)32-17)30-18(33-21)10-5-4-6-34-10/h4-6,8-9,11-24H,7H2,1-3H3. The molecule has 0 amide bonds. The molecule has 1 aromatic rings.